The first-order chi connectivity index (χ1) is 22.1. The maximum Gasteiger partial charge on any atom is 0.264 e. The van der Waals surface area contributed by atoms with Crippen molar-refractivity contribution in [3.63, 3.8) is 0 Å². The summed E-state index contributed by atoms with van der Waals surface area (Å²) in [7, 11) is -4.13. The van der Waals surface area contributed by atoms with Crippen molar-refractivity contribution in [1.82, 2.24) is 4.72 Å². The minimum atomic E-state index is -4.13. The summed E-state index contributed by atoms with van der Waals surface area (Å²) in [6.45, 7) is 3.74. The number of hydrogen-bond acceptors (Lipinski definition) is 6. The Bertz CT molecular complexity index is 1760. The molecule has 3 aromatic carbocycles. The molecule has 1 spiro atoms. The van der Waals surface area contributed by atoms with Crippen LogP contribution in [-0.2, 0) is 21.9 Å². The zero-order valence-electron chi connectivity index (χ0n) is 26.1. The molecule has 0 saturated heterocycles. The Morgan fingerprint density at radius 3 is 2.67 bits per heavy atom. The molecule has 2 N–H and O–H groups in total. The van der Waals surface area contributed by atoms with E-state index in [1.807, 2.05) is 43.3 Å². The number of hydrogen-bond donors (Lipinski definition) is 2. The average Bonchev–Trinajstić information content (AvgIpc) is 3.16. The number of allylic oxidation sites excluding steroid dienone is 1. The first-order valence-electron chi connectivity index (χ1n) is 16.4. The van der Waals surface area contributed by atoms with E-state index >= 15 is 0 Å². The van der Waals surface area contributed by atoms with E-state index in [9.17, 15) is 18.3 Å². The van der Waals surface area contributed by atoms with Crippen LogP contribution < -0.4 is 14.4 Å². The lowest BCUT2D eigenvalue weighted by Crippen LogP contribution is -2.49. The highest BCUT2D eigenvalue weighted by atomic mass is 35.5. The first-order valence-corrected chi connectivity index (χ1v) is 18.3. The molecule has 2 heterocycles. The Balaban J connectivity index is 1.30. The summed E-state index contributed by atoms with van der Waals surface area (Å²) in [5.74, 6) is 0.0242. The van der Waals surface area contributed by atoms with Gasteiger partial charge in [-0.25, -0.2) is 13.1 Å². The van der Waals surface area contributed by atoms with Crippen LogP contribution in [0, 0.1) is 17.8 Å². The van der Waals surface area contributed by atoms with Gasteiger partial charge in [-0.3, -0.25) is 4.79 Å². The van der Waals surface area contributed by atoms with Gasteiger partial charge in [-0.1, -0.05) is 67.1 Å². The molecule has 0 radical (unpaired) electrons. The van der Waals surface area contributed by atoms with Crippen LogP contribution in [0.3, 0.4) is 0 Å². The highest BCUT2D eigenvalue weighted by Gasteiger charge is 2.44. The van der Waals surface area contributed by atoms with Crippen molar-refractivity contribution in [2.24, 2.45) is 17.8 Å². The summed E-state index contributed by atoms with van der Waals surface area (Å²) in [6.07, 6.45) is 8.44. The number of halogens is 1. The zero-order valence-corrected chi connectivity index (χ0v) is 27.6. The number of fused-ring (bicyclic) bond motifs is 4. The van der Waals surface area contributed by atoms with Crippen molar-refractivity contribution in [2.45, 2.75) is 62.2 Å². The lowest BCUT2D eigenvalue weighted by Gasteiger charge is -2.45. The van der Waals surface area contributed by atoms with Gasteiger partial charge in [0.05, 0.1) is 18.4 Å². The summed E-state index contributed by atoms with van der Waals surface area (Å²) in [5.41, 5.74) is 3.88. The van der Waals surface area contributed by atoms with Crippen molar-refractivity contribution in [2.75, 3.05) is 24.6 Å². The van der Waals surface area contributed by atoms with Crippen molar-refractivity contribution >= 4 is 33.2 Å². The van der Waals surface area contributed by atoms with Crippen LogP contribution in [0.5, 0.6) is 5.75 Å². The predicted molar refractivity (Wildman–Crippen MR) is 181 cm³/mol. The number of carbonyl (C=O) groups is 1. The SMILES string of the molecule is C[C@H]1C/C=C/[C@H](O)[C@@H]2CC[C@H]2CN2C[C@@]3(CCCc4cc(Cl)ccc43)COc3ccc(cc32)C(=O)NS(=O)(=O)[C@H]1c1ccccc1. The van der Waals surface area contributed by atoms with E-state index in [0.29, 0.717) is 37.4 Å². The molecular weight excluding hydrogens is 620 g/mol. The molecular formula is C37H41ClN2O5S. The topological polar surface area (TPSA) is 95.9 Å². The van der Waals surface area contributed by atoms with Crippen LogP contribution >= 0.6 is 11.6 Å². The lowest BCUT2D eigenvalue weighted by molar-refractivity contribution is 0.0456. The van der Waals surface area contributed by atoms with E-state index in [2.05, 4.69) is 21.8 Å². The molecule has 242 valence electrons. The molecule has 7 rings (SSSR count). The fourth-order valence-corrected chi connectivity index (χ4v) is 10.2. The highest BCUT2D eigenvalue weighted by Crippen LogP contribution is 2.47. The van der Waals surface area contributed by atoms with Crippen LogP contribution in [0.4, 0.5) is 5.69 Å². The Kier molecular flexibility index (Phi) is 8.41. The fourth-order valence-electron chi connectivity index (χ4n) is 8.22. The van der Waals surface area contributed by atoms with E-state index in [4.69, 9.17) is 16.3 Å². The normalized spacial score (nSPS) is 31.3. The summed E-state index contributed by atoms with van der Waals surface area (Å²) < 4.78 is 36.8. The monoisotopic (exact) mass is 660 g/mol. The third-order valence-corrected chi connectivity index (χ3v) is 12.8. The molecule has 1 amide bonds. The molecule has 6 atom stereocenters. The van der Waals surface area contributed by atoms with Gasteiger partial charge in [-0.15, -0.1) is 0 Å². The highest BCUT2D eigenvalue weighted by molar-refractivity contribution is 7.90. The Morgan fingerprint density at radius 2 is 1.89 bits per heavy atom. The van der Waals surface area contributed by atoms with Gasteiger partial charge in [0.15, 0.2) is 0 Å². The smallest absolute Gasteiger partial charge is 0.264 e. The summed E-state index contributed by atoms with van der Waals surface area (Å²) >= 11 is 6.41. The second-order valence-electron chi connectivity index (χ2n) is 13.7. The Hall–Kier alpha value is -3.33. The number of sulfonamides is 1. The van der Waals surface area contributed by atoms with Crippen LogP contribution in [0.15, 0.2) is 78.9 Å². The second kappa shape index (κ2) is 12.4. The van der Waals surface area contributed by atoms with Crippen molar-refractivity contribution < 1.29 is 23.1 Å². The molecule has 2 aliphatic heterocycles. The summed E-state index contributed by atoms with van der Waals surface area (Å²) in [6, 6.07) is 20.4. The average molecular weight is 661 g/mol. The van der Waals surface area contributed by atoms with Gasteiger partial charge in [0.2, 0.25) is 10.0 Å². The third-order valence-electron chi connectivity index (χ3n) is 10.7. The van der Waals surface area contributed by atoms with Crippen molar-refractivity contribution in [3.05, 3.63) is 106 Å². The molecule has 9 heteroatoms. The Labute approximate surface area is 276 Å². The third kappa shape index (κ3) is 5.84. The quantitative estimate of drug-likeness (QED) is 0.286. The van der Waals surface area contributed by atoms with Crippen LogP contribution in [0.25, 0.3) is 0 Å². The number of aliphatic hydroxyl groups is 1. The number of amides is 1. The second-order valence-corrected chi connectivity index (χ2v) is 16.0. The number of carbonyl (C=O) groups excluding carboxylic acids is 1. The number of nitrogens with one attached hydrogen (secondary N) is 1. The van der Waals surface area contributed by atoms with E-state index in [1.54, 1.807) is 30.3 Å². The van der Waals surface area contributed by atoms with Crippen LogP contribution in [0.2, 0.25) is 5.02 Å². The fraction of sp³-hybridized carbons (Fsp3) is 0.432. The van der Waals surface area contributed by atoms with E-state index in [-0.39, 0.29) is 28.7 Å². The number of benzene rings is 3. The number of ether oxygens (including phenoxy) is 1. The zero-order chi connectivity index (χ0) is 32.1. The molecule has 1 fully saturated rings. The molecule has 3 aromatic rings. The maximum absolute atomic E-state index is 13.9. The van der Waals surface area contributed by atoms with Gasteiger partial charge < -0.3 is 14.7 Å². The largest absolute Gasteiger partial charge is 0.490 e. The maximum atomic E-state index is 13.9. The van der Waals surface area contributed by atoms with Gasteiger partial charge >= 0.3 is 0 Å². The molecule has 7 nitrogen and oxygen atoms in total. The summed E-state index contributed by atoms with van der Waals surface area (Å²) in [5, 5.41) is 11.1. The minimum absolute atomic E-state index is 0.0978. The van der Waals surface area contributed by atoms with Gasteiger partial charge in [0, 0.05) is 29.1 Å². The van der Waals surface area contributed by atoms with Crippen molar-refractivity contribution in [1.29, 1.82) is 0 Å². The first kappa shape index (κ1) is 31.3. The molecule has 4 aliphatic rings. The van der Waals surface area contributed by atoms with E-state index in [0.717, 1.165) is 42.8 Å². The number of anilines is 1. The van der Waals surface area contributed by atoms with Crippen LogP contribution in [-0.4, -0.2) is 45.2 Å². The number of rotatable bonds is 1. The van der Waals surface area contributed by atoms with E-state index < -0.39 is 27.3 Å². The molecule has 2 bridgehead atoms. The molecule has 2 aliphatic carbocycles. The van der Waals surface area contributed by atoms with Gasteiger partial charge in [0.1, 0.15) is 11.0 Å². The Morgan fingerprint density at radius 1 is 1.07 bits per heavy atom. The lowest BCUT2D eigenvalue weighted by atomic mass is 9.68. The van der Waals surface area contributed by atoms with Crippen molar-refractivity contribution in [3.8, 4) is 5.75 Å². The molecule has 0 aromatic heterocycles. The van der Waals surface area contributed by atoms with E-state index in [1.165, 1.54) is 11.1 Å². The van der Waals surface area contributed by atoms with Gasteiger partial charge in [-0.2, -0.15) is 0 Å². The summed E-state index contributed by atoms with van der Waals surface area (Å²) in [4.78, 5) is 16.1. The number of aliphatic hydroxyl groups excluding tert-OH is 1. The molecule has 0 unspecified atom stereocenters. The minimum Gasteiger partial charge on any atom is -0.490 e. The predicted octanol–water partition coefficient (Wildman–Crippen LogP) is 6.60. The van der Waals surface area contributed by atoms with Gasteiger partial charge in [-0.05, 0) is 103 Å². The standard InChI is InChI=1S/C37H41ClN2O5S/c1-24-7-5-11-33(41)30-15-12-28(30)21-40-22-37(18-6-10-26-19-29(38)14-16-31(26)37)23-45-34-17-13-27(20-32(34)40)36(42)39-46(43,44)35(24)25-8-3-2-4-9-25/h2-5,8-9,11,13-14,16-17,19-20,24,28,30,33,35,41H,6-7,10,12,15,18,21-23H2,1H3,(H,39,42)/b11-5+/t24-,28-,30+,33-,35+,37-/m0/s1. The number of aryl methyl sites for hydroxylation is 1. The number of nitrogens with zero attached hydrogens (tertiary/aromatic N) is 1. The molecule has 46 heavy (non-hydrogen) atoms. The molecule has 1 saturated carbocycles. The van der Waals surface area contributed by atoms with Crippen LogP contribution in [0.1, 0.15) is 71.3 Å². The van der Waals surface area contributed by atoms with Gasteiger partial charge in [0.25, 0.3) is 5.91 Å².